The van der Waals surface area contributed by atoms with Crippen LogP contribution in [0.4, 0.5) is 0 Å². The Morgan fingerprint density at radius 1 is 1.08 bits per heavy atom. The highest BCUT2D eigenvalue weighted by atomic mass is 32.2. The molecule has 1 unspecified atom stereocenters. The van der Waals surface area contributed by atoms with E-state index in [1.807, 2.05) is 72.8 Å². The summed E-state index contributed by atoms with van der Waals surface area (Å²) in [6, 6.07) is 18.8. The first kappa shape index (κ1) is 23.7. The van der Waals surface area contributed by atoms with Crippen molar-refractivity contribution in [2.45, 2.75) is 44.5 Å². The summed E-state index contributed by atoms with van der Waals surface area (Å²) in [6.45, 7) is 5.62. The van der Waals surface area contributed by atoms with Crippen LogP contribution in [-0.2, 0) is 11.3 Å². The fourth-order valence-corrected chi connectivity index (χ4v) is 5.97. The highest BCUT2D eigenvalue weighted by Gasteiger charge is 2.23. The number of ketones is 1. The van der Waals surface area contributed by atoms with E-state index in [2.05, 4.69) is 14.8 Å². The van der Waals surface area contributed by atoms with E-state index in [4.69, 9.17) is 4.74 Å². The van der Waals surface area contributed by atoms with Crippen LogP contribution in [0.3, 0.4) is 0 Å². The molecule has 9 heteroatoms. The van der Waals surface area contributed by atoms with E-state index < -0.39 is 0 Å². The van der Waals surface area contributed by atoms with Crippen LogP contribution in [0.15, 0.2) is 70.6 Å². The van der Waals surface area contributed by atoms with Gasteiger partial charge in [-0.1, -0.05) is 42.1 Å². The number of nitrogens with zero attached hydrogens (tertiary/aromatic N) is 5. The molecule has 1 atom stereocenters. The van der Waals surface area contributed by atoms with Crippen LogP contribution in [0.5, 0.6) is 0 Å². The average molecular weight is 514 g/mol. The third-order valence-electron chi connectivity index (χ3n) is 7.03. The lowest BCUT2D eigenvalue weighted by molar-refractivity contribution is 0.0957. The van der Waals surface area contributed by atoms with Crippen molar-refractivity contribution < 1.29 is 9.53 Å². The minimum atomic E-state index is -0.159. The molecule has 1 saturated heterocycles. The predicted molar refractivity (Wildman–Crippen MR) is 144 cm³/mol. The third kappa shape index (κ3) is 4.18. The Bertz CT molecular complexity index is 1680. The van der Waals surface area contributed by atoms with Gasteiger partial charge in [0.15, 0.2) is 10.9 Å². The zero-order valence-electron chi connectivity index (χ0n) is 20.8. The Morgan fingerprint density at radius 3 is 2.65 bits per heavy atom. The van der Waals surface area contributed by atoms with E-state index in [1.165, 1.54) is 11.8 Å². The summed E-state index contributed by atoms with van der Waals surface area (Å²) < 4.78 is 11.4. The Labute approximate surface area is 217 Å². The Hall–Kier alpha value is -3.69. The van der Waals surface area contributed by atoms with Gasteiger partial charge in [0.2, 0.25) is 5.78 Å². The van der Waals surface area contributed by atoms with Gasteiger partial charge in [0, 0.05) is 30.1 Å². The number of aryl methyl sites for hydroxylation is 1. The molecule has 0 bridgehead atoms. The van der Waals surface area contributed by atoms with Crippen molar-refractivity contribution in [1.82, 2.24) is 23.7 Å². The highest BCUT2D eigenvalue weighted by Crippen LogP contribution is 2.26. The summed E-state index contributed by atoms with van der Waals surface area (Å²) in [5.74, 6) is 0.665. The second kappa shape index (κ2) is 9.64. The molecule has 188 valence electrons. The van der Waals surface area contributed by atoms with Crippen molar-refractivity contribution in [2.24, 2.45) is 0 Å². The summed E-state index contributed by atoms with van der Waals surface area (Å²) in [4.78, 5) is 26.7. The zero-order chi connectivity index (χ0) is 25.5. The second-order valence-corrected chi connectivity index (χ2v) is 10.3. The molecule has 3 aromatic heterocycles. The average Bonchev–Trinajstić information content (AvgIpc) is 3.65. The molecule has 0 amide bonds. The van der Waals surface area contributed by atoms with Crippen LogP contribution in [0.1, 0.15) is 34.6 Å². The number of hydrogen-bond acceptors (Lipinski definition) is 6. The fourth-order valence-electron chi connectivity index (χ4n) is 5.15. The molecule has 8 nitrogen and oxygen atoms in total. The number of carbonyl (C=O) groups excluding carboxylic acids is 1. The largest absolute Gasteiger partial charge is 0.376 e. The van der Waals surface area contributed by atoms with Gasteiger partial charge in [0.1, 0.15) is 0 Å². The fraction of sp³-hybridized carbons (Fsp3) is 0.286. The lowest BCUT2D eigenvalue weighted by Crippen LogP contribution is -2.21. The second-order valence-electron chi connectivity index (χ2n) is 9.35. The number of carbonyl (C=O) groups is 1. The van der Waals surface area contributed by atoms with Gasteiger partial charge < -0.3 is 9.30 Å². The van der Waals surface area contributed by atoms with Crippen molar-refractivity contribution in [2.75, 3.05) is 12.4 Å². The zero-order valence-corrected chi connectivity index (χ0v) is 21.6. The molecule has 1 aliphatic rings. The van der Waals surface area contributed by atoms with Gasteiger partial charge in [0.25, 0.3) is 5.56 Å². The smallest absolute Gasteiger partial charge is 0.267 e. The number of rotatable bonds is 7. The number of hydrogen-bond donors (Lipinski definition) is 0. The molecule has 6 rings (SSSR count). The monoisotopic (exact) mass is 513 g/mol. The van der Waals surface area contributed by atoms with Gasteiger partial charge >= 0.3 is 0 Å². The van der Waals surface area contributed by atoms with Gasteiger partial charge in [-0.25, -0.2) is 4.57 Å². The normalized spacial score (nSPS) is 15.7. The first-order valence-corrected chi connectivity index (χ1v) is 13.4. The number of benzene rings is 2. The number of aromatic nitrogens is 5. The minimum absolute atomic E-state index is 0.0362. The highest BCUT2D eigenvalue weighted by molar-refractivity contribution is 7.99. The molecule has 0 saturated carbocycles. The van der Waals surface area contributed by atoms with Gasteiger partial charge in [-0.3, -0.25) is 14.0 Å². The Kier molecular flexibility index (Phi) is 6.18. The van der Waals surface area contributed by atoms with Crippen molar-refractivity contribution in [3.63, 3.8) is 0 Å². The lowest BCUT2D eigenvalue weighted by atomic mass is 10.2. The Morgan fingerprint density at radius 2 is 1.86 bits per heavy atom. The minimum Gasteiger partial charge on any atom is -0.376 e. The number of para-hydroxylation sites is 2. The molecule has 5 aromatic rings. The quantitative estimate of drug-likeness (QED) is 0.234. The van der Waals surface area contributed by atoms with Gasteiger partial charge in [-0.2, -0.15) is 0 Å². The van der Waals surface area contributed by atoms with Crippen LogP contribution in [-0.4, -0.2) is 48.0 Å². The molecular formula is C28H27N5O3S. The van der Waals surface area contributed by atoms with Crippen molar-refractivity contribution in [3.8, 4) is 5.69 Å². The number of ether oxygens (including phenoxy) is 1. The maximum Gasteiger partial charge on any atom is 0.267 e. The van der Waals surface area contributed by atoms with E-state index in [-0.39, 0.29) is 23.2 Å². The summed E-state index contributed by atoms with van der Waals surface area (Å²) in [7, 11) is 0. The van der Waals surface area contributed by atoms with Crippen LogP contribution >= 0.6 is 11.8 Å². The van der Waals surface area contributed by atoms with Crippen LogP contribution in [0.2, 0.25) is 0 Å². The van der Waals surface area contributed by atoms with E-state index in [0.29, 0.717) is 27.5 Å². The molecule has 0 spiro atoms. The van der Waals surface area contributed by atoms with Crippen molar-refractivity contribution >= 4 is 34.2 Å². The summed E-state index contributed by atoms with van der Waals surface area (Å²) in [6.07, 6.45) is 2.35. The standard InChI is InChI=1S/C28H27N5O3S/c1-18-15-23(19(2)31(18)16-21-11-8-14-36-21)25(34)17-37-28-30-29-27-32(20-9-4-3-5-10-20)26(35)22-12-6-7-13-24(22)33(27)28/h3-7,9-10,12-13,15,21H,8,11,14,16-17H2,1-2H3. The lowest BCUT2D eigenvalue weighted by Gasteiger charge is -2.14. The summed E-state index contributed by atoms with van der Waals surface area (Å²) in [5, 5.41) is 9.90. The first-order chi connectivity index (χ1) is 18.0. The predicted octanol–water partition coefficient (Wildman–Crippen LogP) is 4.61. The molecule has 0 N–H and O–H groups in total. The number of fused-ring (bicyclic) bond motifs is 3. The third-order valence-corrected chi connectivity index (χ3v) is 7.95. The van der Waals surface area contributed by atoms with Crippen LogP contribution in [0.25, 0.3) is 22.4 Å². The summed E-state index contributed by atoms with van der Waals surface area (Å²) in [5.41, 5.74) is 4.02. The molecule has 1 aliphatic heterocycles. The van der Waals surface area contributed by atoms with Crippen LogP contribution in [0, 0.1) is 13.8 Å². The molecule has 2 aromatic carbocycles. The van der Waals surface area contributed by atoms with Crippen molar-refractivity contribution in [1.29, 1.82) is 0 Å². The molecule has 1 fully saturated rings. The molecule has 0 aliphatic carbocycles. The van der Waals surface area contributed by atoms with E-state index in [0.717, 1.165) is 42.9 Å². The molecule has 37 heavy (non-hydrogen) atoms. The van der Waals surface area contributed by atoms with Gasteiger partial charge in [0.05, 0.1) is 28.4 Å². The first-order valence-electron chi connectivity index (χ1n) is 12.4. The van der Waals surface area contributed by atoms with E-state index >= 15 is 0 Å². The van der Waals surface area contributed by atoms with Gasteiger partial charge in [-0.05, 0) is 57.0 Å². The Balaban J connectivity index is 1.34. The maximum atomic E-state index is 13.4. The number of thioether (sulfide) groups is 1. The van der Waals surface area contributed by atoms with Crippen LogP contribution < -0.4 is 5.56 Å². The van der Waals surface area contributed by atoms with E-state index in [9.17, 15) is 9.59 Å². The van der Waals surface area contributed by atoms with Gasteiger partial charge in [-0.15, -0.1) is 10.2 Å². The number of Topliss-reactive ketones (excluding diaryl/α,β-unsaturated/α-hetero) is 1. The molecular weight excluding hydrogens is 486 g/mol. The molecule has 0 radical (unpaired) electrons. The SMILES string of the molecule is Cc1cc(C(=O)CSc2nnc3n(-c4ccccc4)c(=O)c4ccccc4n23)c(C)n1CC1CCCO1. The van der Waals surface area contributed by atoms with E-state index in [1.54, 1.807) is 10.6 Å². The topological polar surface area (TPSA) is 83.4 Å². The molecule has 4 heterocycles. The summed E-state index contributed by atoms with van der Waals surface area (Å²) >= 11 is 1.33. The van der Waals surface area contributed by atoms with Crippen molar-refractivity contribution in [3.05, 3.63) is 88.0 Å². The maximum absolute atomic E-state index is 13.4.